The van der Waals surface area contributed by atoms with Crippen LogP contribution in [0.25, 0.3) is 0 Å². The van der Waals surface area contributed by atoms with Gasteiger partial charge < -0.3 is 10.6 Å². The summed E-state index contributed by atoms with van der Waals surface area (Å²) in [5.74, 6) is -0.0597. The molecule has 110 valence electrons. The first-order valence-corrected chi connectivity index (χ1v) is 6.75. The van der Waals surface area contributed by atoms with Crippen LogP contribution in [0.3, 0.4) is 0 Å². The smallest absolute Gasteiger partial charge is 0.272 e. The van der Waals surface area contributed by atoms with Crippen molar-refractivity contribution in [1.29, 1.82) is 0 Å². The van der Waals surface area contributed by atoms with Gasteiger partial charge in [0.1, 0.15) is 5.82 Å². The molecule has 0 bridgehead atoms. The van der Waals surface area contributed by atoms with E-state index in [1.54, 1.807) is 24.3 Å². The van der Waals surface area contributed by atoms with Gasteiger partial charge in [-0.15, -0.1) is 10.2 Å². The van der Waals surface area contributed by atoms with Gasteiger partial charge in [-0.1, -0.05) is 6.92 Å². The highest BCUT2D eigenvalue weighted by Gasteiger charge is 2.10. The molecule has 6 heteroatoms. The summed E-state index contributed by atoms with van der Waals surface area (Å²) in [6.07, 6.45) is 0.851. The number of rotatable bonds is 5. The first-order chi connectivity index (χ1) is 10.1. The molecule has 0 aliphatic rings. The van der Waals surface area contributed by atoms with E-state index in [1.807, 2.05) is 13.8 Å². The van der Waals surface area contributed by atoms with Crippen molar-refractivity contribution in [3.8, 4) is 0 Å². The number of carbonyl (C=O) groups is 1. The van der Waals surface area contributed by atoms with Gasteiger partial charge in [0.15, 0.2) is 11.5 Å². The molecule has 21 heavy (non-hydrogen) atoms. The molecule has 1 atom stereocenters. The molecule has 0 radical (unpaired) electrons. The van der Waals surface area contributed by atoms with E-state index in [2.05, 4.69) is 20.8 Å². The zero-order chi connectivity index (χ0) is 15.2. The quantitative estimate of drug-likeness (QED) is 0.887. The SMILES string of the molecule is CCC(C)NC(=O)c1ccc(Nc2ccc(F)cc2)nn1. The minimum absolute atomic E-state index is 0.0938. The molecule has 1 heterocycles. The standard InChI is InChI=1S/C15H17FN4O/c1-3-10(2)17-15(21)13-8-9-14(20-19-13)18-12-6-4-11(16)5-7-12/h4-10H,3H2,1-2H3,(H,17,21)(H,18,20). The fourth-order valence-electron chi connectivity index (χ4n) is 1.60. The van der Waals surface area contributed by atoms with Crippen molar-refractivity contribution in [3.63, 3.8) is 0 Å². The Bertz CT molecular complexity index is 598. The molecule has 1 amide bonds. The second-order valence-corrected chi connectivity index (χ2v) is 4.72. The molecule has 0 aliphatic carbocycles. The fourth-order valence-corrected chi connectivity index (χ4v) is 1.60. The molecular formula is C15H17FN4O. The monoisotopic (exact) mass is 288 g/mol. The zero-order valence-electron chi connectivity index (χ0n) is 11.9. The lowest BCUT2D eigenvalue weighted by atomic mass is 10.2. The van der Waals surface area contributed by atoms with E-state index in [1.165, 1.54) is 12.1 Å². The molecule has 0 saturated heterocycles. The van der Waals surface area contributed by atoms with Crippen molar-refractivity contribution in [2.75, 3.05) is 5.32 Å². The summed E-state index contributed by atoms with van der Waals surface area (Å²) >= 11 is 0. The van der Waals surface area contributed by atoms with Crippen molar-refractivity contribution < 1.29 is 9.18 Å². The molecule has 1 aromatic carbocycles. The van der Waals surface area contributed by atoms with Crippen LogP contribution in [0.2, 0.25) is 0 Å². The van der Waals surface area contributed by atoms with Crippen molar-refractivity contribution in [3.05, 3.63) is 47.9 Å². The van der Waals surface area contributed by atoms with Gasteiger partial charge in [-0.05, 0) is 49.7 Å². The van der Waals surface area contributed by atoms with E-state index in [0.717, 1.165) is 6.42 Å². The topological polar surface area (TPSA) is 66.9 Å². The predicted molar refractivity (Wildman–Crippen MR) is 78.9 cm³/mol. The molecular weight excluding hydrogens is 271 g/mol. The largest absolute Gasteiger partial charge is 0.348 e. The van der Waals surface area contributed by atoms with Gasteiger partial charge in [0.05, 0.1) is 0 Å². The Hall–Kier alpha value is -2.50. The van der Waals surface area contributed by atoms with Crippen molar-refractivity contribution in [2.24, 2.45) is 0 Å². The van der Waals surface area contributed by atoms with Gasteiger partial charge in [0, 0.05) is 11.7 Å². The number of hydrogen-bond donors (Lipinski definition) is 2. The third kappa shape index (κ3) is 4.24. The Kier molecular flexibility index (Phi) is 4.81. The number of benzene rings is 1. The molecule has 2 aromatic rings. The second-order valence-electron chi connectivity index (χ2n) is 4.72. The van der Waals surface area contributed by atoms with Crippen LogP contribution in [-0.2, 0) is 0 Å². The van der Waals surface area contributed by atoms with Gasteiger partial charge in [0.2, 0.25) is 0 Å². The van der Waals surface area contributed by atoms with Gasteiger partial charge >= 0.3 is 0 Å². The summed E-state index contributed by atoms with van der Waals surface area (Å²) in [6.45, 7) is 3.92. The molecule has 0 spiro atoms. The Morgan fingerprint density at radius 1 is 1.19 bits per heavy atom. The van der Waals surface area contributed by atoms with Crippen LogP contribution in [-0.4, -0.2) is 22.1 Å². The normalized spacial score (nSPS) is 11.8. The number of amides is 1. The van der Waals surface area contributed by atoms with Crippen LogP contribution in [0, 0.1) is 5.82 Å². The molecule has 0 aliphatic heterocycles. The highest BCUT2D eigenvalue weighted by atomic mass is 19.1. The Labute approximate surface area is 122 Å². The summed E-state index contributed by atoms with van der Waals surface area (Å²) in [4.78, 5) is 11.8. The average Bonchev–Trinajstić information content (AvgIpc) is 2.50. The summed E-state index contributed by atoms with van der Waals surface area (Å²) in [7, 11) is 0. The maximum absolute atomic E-state index is 12.8. The van der Waals surface area contributed by atoms with E-state index in [4.69, 9.17) is 0 Å². The average molecular weight is 288 g/mol. The number of nitrogens with one attached hydrogen (secondary N) is 2. The lowest BCUT2D eigenvalue weighted by molar-refractivity contribution is 0.0933. The summed E-state index contributed by atoms with van der Waals surface area (Å²) < 4.78 is 12.8. The lowest BCUT2D eigenvalue weighted by Crippen LogP contribution is -2.32. The second kappa shape index (κ2) is 6.78. The number of halogens is 1. The van der Waals surface area contributed by atoms with Crippen LogP contribution < -0.4 is 10.6 Å². The Morgan fingerprint density at radius 2 is 1.90 bits per heavy atom. The zero-order valence-corrected chi connectivity index (χ0v) is 11.9. The number of aromatic nitrogens is 2. The third-order valence-corrected chi connectivity index (χ3v) is 3.00. The maximum atomic E-state index is 12.8. The summed E-state index contributed by atoms with van der Waals surface area (Å²) in [5, 5.41) is 13.6. The Morgan fingerprint density at radius 3 is 2.48 bits per heavy atom. The fraction of sp³-hybridized carbons (Fsp3) is 0.267. The van der Waals surface area contributed by atoms with Crippen molar-refractivity contribution in [2.45, 2.75) is 26.3 Å². The lowest BCUT2D eigenvalue weighted by Gasteiger charge is -2.10. The van der Waals surface area contributed by atoms with E-state index in [-0.39, 0.29) is 23.5 Å². The van der Waals surface area contributed by atoms with Crippen LogP contribution in [0.5, 0.6) is 0 Å². The van der Waals surface area contributed by atoms with Gasteiger partial charge in [-0.3, -0.25) is 4.79 Å². The summed E-state index contributed by atoms with van der Waals surface area (Å²) in [6, 6.07) is 9.24. The van der Waals surface area contributed by atoms with Gasteiger partial charge in [-0.25, -0.2) is 4.39 Å². The number of hydrogen-bond acceptors (Lipinski definition) is 4. The molecule has 1 unspecified atom stereocenters. The van der Waals surface area contributed by atoms with Crippen LogP contribution in [0.4, 0.5) is 15.9 Å². The first-order valence-electron chi connectivity index (χ1n) is 6.75. The minimum Gasteiger partial charge on any atom is -0.348 e. The van der Waals surface area contributed by atoms with E-state index < -0.39 is 0 Å². The molecule has 2 rings (SSSR count). The molecule has 0 fully saturated rings. The number of anilines is 2. The van der Waals surface area contributed by atoms with Crippen molar-refractivity contribution in [1.82, 2.24) is 15.5 Å². The van der Waals surface area contributed by atoms with Gasteiger partial charge in [-0.2, -0.15) is 0 Å². The highest BCUT2D eigenvalue weighted by Crippen LogP contribution is 2.14. The van der Waals surface area contributed by atoms with Crippen LogP contribution >= 0.6 is 0 Å². The highest BCUT2D eigenvalue weighted by molar-refractivity contribution is 5.92. The maximum Gasteiger partial charge on any atom is 0.272 e. The van der Waals surface area contributed by atoms with E-state index >= 15 is 0 Å². The van der Waals surface area contributed by atoms with Crippen LogP contribution in [0.15, 0.2) is 36.4 Å². The van der Waals surface area contributed by atoms with Crippen LogP contribution in [0.1, 0.15) is 30.8 Å². The van der Waals surface area contributed by atoms with E-state index in [9.17, 15) is 9.18 Å². The van der Waals surface area contributed by atoms with Gasteiger partial charge in [0.25, 0.3) is 5.91 Å². The molecule has 1 aromatic heterocycles. The molecule has 5 nitrogen and oxygen atoms in total. The molecule has 0 saturated carbocycles. The Balaban J connectivity index is 2.01. The summed E-state index contributed by atoms with van der Waals surface area (Å²) in [5.41, 5.74) is 0.961. The third-order valence-electron chi connectivity index (χ3n) is 3.00. The minimum atomic E-state index is -0.302. The molecule has 2 N–H and O–H groups in total. The predicted octanol–water partition coefficient (Wildman–Crippen LogP) is 2.89. The van der Waals surface area contributed by atoms with E-state index in [0.29, 0.717) is 11.5 Å². The number of carbonyl (C=O) groups excluding carboxylic acids is 1. The first kappa shape index (κ1) is 14.9. The van der Waals surface area contributed by atoms with Crippen molar-refractivity contribution >= 4 is 17.4 Å². The number of nitrogens with zero attached hydrogens (tertiary/aromatic N) is 2.